The summed E-state index contributed by atoms with van der Waals surface area (Å²) in [5.74, 6) is -5.01. The van der Waals surface area contributed by atoms with Crippen molar-refractivity contribution in [2.45, 2.75) is 42.8 Å². The van der Waals surface area contributed by atoms with Gasteiger partial charge in [-0.25, -0.2) is 8.78 Å². The summed E-state index contributed by atoms with van der Waals surface area (Å²) in [4.78, 5) is 39.1. The van der Waals surface area contributed by atoms with Crippen molar-refractivity contribution in [1.29, 1.82) is 0 Å². The molecule has 3 heterocycles. The van der Waals surface area contributed by atoms with Crippen LogP contribution in [0, 0.1) is 11.6 Å². The molecule has 3 aromatic rings. The molecule has 5 rings (SSSR count). The Labute approximate surface area is 222 Å². The van der Waals surface area contributed by atoms with Gasteiger partial charge in [-0.1, -0.05) is 24.3 Å². The maximum Gasteiger partial charge on any atom is 0.408 e. The Morgan fingerprint density at radius 2 is 1.79 bits per heavy atom. The Morgan fingerprint density at radius 3 is 2.49 bits per heavy atom. The zero-order valence-electron chi connectivity index (χ0n) is 20.5. The molecule has 0 fully saturated rings. The van der Waals surface area contributed by atoms with Crippen LogP contribution in [0.15, 0.2) is 58.4 Å². The zero-order valence-corrected chi connectivity index (χ0v) is 21.3. The van der Waals surface area contributed by atoms with Gasteiger partial charge in [0, 0.05) is 35.4 Å². The van der Waals surface area contributed by atoms with Crippen LogP contribution in [0.5, 0.6) is 5.75 Å². The smallest absolute Gasteiger partial charge is 0.408 e. The van der Waals surface area contributed by atoms with Gasteiger partial charge >= 0.3 is 12.1 Å². The summed E-state index contributed by atoms with van der Waals surface area (Å²) in [7, 11) is 0. The minimum Gasteiger partial charge on any atom is -0.420 e. The lowest BCUT2D eigenvalue weighted by Gasteiger charge is -2.46. The van der Waals surface area contributed by atoms with Gasteiger partial charge in [0.25, 0.3) is 5.91 Å². The second-order valence-corrected chi connectivity index (χ2v) is 10.0. The molecule has 13 heteroatoms. The van der Waals surface area contributed by atoms with Gasteiger partial charge in [-0.15, -0.1) is 11.8 Å². The monoisotopic (exact) mass is 565 g/mol. The Morgan fingerprint density at radius 1 is 1.08 bits per heavy atom. The van der Waals surface area contributed by atoms with Crippen molar-refractivity contribution in [2.24, 2.45) is 0 Å². The van der Waals surface area contributed by atoms with E-state index >= 15 is 4.39 Å². The van der Waals surface area contributed by atoms with E-state index in [9.17, 15) is 31.9 Å². The SMILES string of the molecule is CC(=O)Oc1c2n(ccc1=O)N([C@@H]1c3ccccc3SCc3c1ccc(F)c3F)CN([C@H](C)C(F)(F)F)C2=O. The summed E-state index contributed by atoms with van der Waals surface area (Å²) in [6.07, 6.45) is -3.66. The molecule has 0 bridgehead atoms. The third-order valence-corrected chi connectivity index (χ3v) is 7.79. The summed E-state index contributed by atoms with van der Waals surface area (Å²) in [6, 6.07) is 6.84. The number of hydrogen-bond donors (Lipinski definition) is 0. The van der Waals surface area contributed by atoms with Crippen LogP contribution in [0.1, 0.15) is 47.1 Å². The van der Waals surface area contributed by atoms with Crippen molar-refractivity contribution in [3.8, 4) is 5.75 Å². The fourth-order valence-electron chi connectivity index (χ4n) is 4.75. The fraction of sp³-hybridized carbons (Fsp3) is 0.269. The highest BCUT2D eigenvalue weighted by molar-refractivity contribution is 7.98. The van der Waals surface area contributed by atoms with E-state index in [1.165, 1.54) is 29.0 Å². The zero-order chi connectivity index (χ0) is 28.2. The largest absolute Gasteiger partial charge is 0.420 e. The number of aromatic nitrogens is 1. The summed E-state index contributed by atoms with van der Waals surface area (Å²) in [5, 5.41) is 1.34. The molecule has 204 valence electrons. The first kappa shape index (κ1) is 26.7. The first-order chi connectivity index (χ1) is 18.4. The van der Waals surface area contributed by atoms with Crippen LogP contribution in [-0.2, 0) is 10.5 Å². The molecule has 0 saturated carbocycles. The average Bonchev–Trinajstić information content (AvgIpc) is 3.04. The maximum absolute atomic E-state index is 15.1. The fourth-order valence-corrected chi connectivity index (χ4v) is 5.87. The predicted octanol–water partition coefficient (Wildman–Crippen LogP) is 4.75. The number of amides is 1. The number of fused-ring (bicyclic) bond motifs is 3. The Hall–Kier alpha value is -3.87. The van der Waals surface area contributed by atoms with Crippen molar-refractivity contribution >= 4 is 23.6 Å². The highest BCUT2D eigenvalue weighted by Crippen LogP contribution is 2.44. The van der Waals surface area contributed by atoms with Crippen LogP contribution in [0.4, 0.5) is 22.0 Å². The minimum absolute atomic E-state index is 0.0105. The average molecular weight is 566 g/mol. The van der Waals surface area contributed by atoms with Crippen molar-refractivity contribution < 1.29 is 36.3 Å². The first-order valence-corrected chi connectivity index (χ1v) is 12.7. The second kappa shape index (κ2) is 9.70. The molecular formula is C26H20F5N3O4S. The number of benzene rings is 2. The minimum atomic E-state index is -4.84. The van der Waals surface area contributed by atoms with Gasteiger partial charge in [-0.3, -0.25) is 24.1 Å². The molecule has 1 amide bonds. The predicted molar refractivity (Wildman–Crippen MR) is 131 cm³/mol. The molecule has 0 saturated heterocycles. The summed E-state index contributed by atoms with van der Waals surface area (Å²) in [5.41, 5.74) is -0.662. The van der Waals surface area contributed by atoms with E-state index in [4.69, 9.17) is 4.74 Å². The van der Waals surface area contributed by atoms with E-state index in [0.717, 1.165) is 30.7 Å². The van der Waals surface area contributed by atoms with Crippen LogP contribution in [0.2, 0.25) is 0 Å². The van der Waals surface area contributed by atoms with Gasteiger partial charge in [-0.05, 0) is 30.2 Å². The van der Waals surface area contributed by atoms with E-state index in [1.54, 1.807) is 24.3 Å². The molecular weight excluding hydrogens is 545 g/mol. The number of alkyl halides is 3. The molecule has 2 aliphatic heterocycles. The Kier molecular flexibility index (Phi) is 6.65. The molecule has 0 spiro atoms. The van der Waals surface area contributed by atoms with Gasteiger partial charge in [0.1, 0.15) is 12.7 Å². The van der Waals surface area contributed by atoms with Crippen molar-refractivity contribution in [2.75, 3.05) is 11.7 Å². The number of esters is 1. The van der Waals surface area contributed by atoms with Gasteiger partial charge in [0.05, 0.1) is 6.04 Å². The molecule has 1 aromatic heterocycles. The van der Waals surface area contributed by atoms with Crippen LogP contribution >= 0.6 is 11.8 Å². The van der Waals surface area contributed by atoms with Gasteiger partial charge in [0.2, 0.25) is 11.2 Å². The molecule has 2 aromatic carbocycles. The van der Waals surface area contributed by atoms with Crippen LogP contribution in [0.3, 0.4) is 0 Å². The number of carbonyl (C=O) groups excluding carboxylic acids is 2. The van der Waals surface area contributed by atoms with Gasteiger partial charge < -0.3 is 9.64 Å². The molecule has 2 aliphatic rings. The molecule has 7 nitrogen and oxygen atoms in total. The van der Waals surface area contributed by atoms with Gasteiger partial charge in [0.15, 0.2) is 17.3 Å². The third-order valence-electron chi connectivity index (χ3n) is 6.67. The van der Waals surface area contributed by atoms with E-state index in [0.29, 0.717) is 15.4 Å². The van der Waals surface area contributed by atoms with Crippen LogP contribution in [-0.4, -0.2) is 40.3 Å². The molecule has 0 unspecified atom stereocenters. The number of nitrogens with zero attached hydrogens (tertiary/aromatic N) is 3. The number of hydrogen-bond acceptors (Lipinski definition) is 6. The standard InChI is InChI=1S/C26H20F5N3O4S/c1-13(26(29,30)31)32-12-34(33-10-9-19(36)24(38-14(2)35)23(33)25(32)37)22-15-7-8-18(27)21(28)17(15)11-39-20-6-4-3-5-16(20)22/h3-10,13,22H,11-12H2,1-2H3/t13-,22+/m1/s1. The second-order valence-electron chi connectivity index (χ2n) is 9.03. The quantitative estimate of drug-likeness (QED) is 0.337. The number of ether oxygens (including phenoxy) is 1. The lowest BCUT2D eigenvalue weighted by atomic mass is 9.93. The molecule has 39 heavy (non-hydrogen) atoms. The lowest BCUT2D eigenvalue weighted by Crippen LogP contribution is -2.60. The van der Waals surface area contributed by atoms with Crippen LogP contribution in [0.25, 0.3) is 0 Å². The Bertz CT molecular complexity index is 1560. The number of pyridine rings is 1. The van der Waals surface area contributed by atoms with E-state index in [2.05, 4.69) is 0 Å². The molecule has 0 aliphatic carbocycles. The van der Waals surface area contributed by atoms with Crippen molar-refractivity contribution in [1.82, 2.24) is 9.58 Å². The summed E-state index contributed by atoms with van der Waals surface area (Å²) in [6.45, 7) is 1.13. The molecule has 2 atom stereocenters. The summed E-state index contributed by atoms with van der Waals surface area (Å²) < 4.78 is 77.3. The normalized spacial score (nSPS) is 17.6. The maximum atomic E-state index is 15.1. The summed E-state index contributed by atoms with van der Waals surface area (Å²) >= 11 is 1.23. The van der Waals surface area contributed by atoms with Gasteiger partial charge in [-0.2, -0.15) is 13.2 Å². The van der Waals surface area contributed by atoms with Crippen molar-refractivity contribution in [3.63, 3.8) is 0 Å². The topological polar surface area (TPSA) is 71.8 Å². The van der Waals surface area contributed by atoms with Crippen LogP contribution < -0.4 is 15.2 Å². The first-order valence-electron chi connectivity index (χ1n) is 11.7. The number of thioether (sulfide) groups is 1. The van der Waals surface area contributed by atoms with E-state index < -0.39 is 65.3 Å². The van der Waals surface area contributed by atoms with E-state index in [1.807, 2.05) is 0 Å². The number of rotatable bonds is 3. The number of halogens is 5. The highest BCUT2D eigenvalue weighted by atomic mass is 32.2. The third kappa shape index (κ3) is 4.54. The van der Waals surface area contributed by atoms with Crippen molar-refractivity contribution in [3.05, 3.63) is 92.9 Å². The number of carbonyl (C=O) groups is 2. The molecule has 0 N–H and O–H groups in total. The molecule has 0 radical (unpaired) electrons. The highest BCUT2D eigenvalue weighted by Gasteiger charge is 2.48. The lowest BCUT2D eigenvalue weighted by molar-refractivity contribution is -0.173. The Balaban J connectivity index is 1.82. The van der Waals surface area contributed by atoms with E-state index in [-0.39, 0.29) is 16.9 Å².